The summed E-state index contributed by atoms with van der Waals surface area (Å²) in [5.74, 6) is 0.104. The summed E-state index contributed by atoms with van der Waals surface area (Å²) in [6.45, 7) is 2.04. The van der Waals surface area contributed by atoms with Gasteiger partial charge in [0.1, 0.15) is 0 Å². The van der Waals surface area contributed by atoms with Gasteiger partial charge in [-0.1, -0.05) is 0 Å². The molecule has 1 spiro atoms. The lowest BCUT2D eigenvalue weighted by atomic mass is 9.87. The van der Waals surface area contributed by atoms with Crippen molar-refractivity contribution in [1.82, 2.24) is 20.3 Å². The van der Waals surface area contributed by atoms with Crippen molar-refractivity contribution >= 4 is 5.91 Å². The van der Waals surface area contributed by atoms with Gasteiger partial charge in [0, 0.05) is 47.4 Å². The number of pyridine rings is 2. The molecule has 0 unspecified atom stereocenters. The number of carbonyl (C=O) groups is 1. The molecular formula is C22H20N4O. The number of H-pyrrole nitrogens is 1. The van der Waals surface area contributed by atoms with E-state index in [0.717, 1.165) is 65.9 Å². The predicted molar refractivity (Wildman–Crippen MR) is 103 cm³/mol. The number of rotatable bonds is 1. The number of nitrogens with one attached hydrogen (secondary N) is 2. The largest absolute Gasteiger partial charge is 0.357 e. The number of hydrogen-bond donors (Lipinski definition) is 2. The Morgan fingerprint density at radius 2 is 2.00 bits per heavy atom. The Morgan fingerprint density at radius 3 is 2.81 bits per heavy atom. The summed E-state index contributed by atoms with van der Waals surface area (Å²) in [6.07, 6.45) is 10.6. The molecule has 2 N–H and O–H groups in total. The molecule has 2 aliphatic carbocycles. The Kier molecular flexibility index (Phi) is 2.84. The van der Waals surface area contributed by atoms with Crippen molar-refractivity contribution < 1.29 is 4.79 Å². The van der Waals surface area contributed by atoms with Gasteiger partial charge in [0.2, 0.25) is 0 Å². The molecule has 27 heavy (non-hydrogen) atoms. The quantitative estimate of drug-likeness (QED) is 0.702. The van der Waals surface area contributed by atoms with Crippen LogP contribution in [0.15, 0.2) is 30.7 Å². The molecular weight excluding hydrogens is 336 g/mol. The zero-order valence-corrected chi connectivity index (χ0v) is 15.2. The normalized spacial score (nSPS) is 18.5. The Hall–Kier alpha value is -2.95. The molecule has 3 aromatic rings. The minimum atomic E-state index is 0.0248. The molecule has 1 fully saturated rings. The van der Waals surface area contributed by atoms with Crippen LogP contribution in [0.1, 0.15) is 45.6 Å². The molecule has 3 aliphatic rings. The number of nitrogens with zero attached hydrogens (tertiary/aromatic N) is 2. The first-order chi connectivity index (χ1) is 13.1. The zero-order chi connectivity index (χ0) is 18.2. The van der Waals surface area contributed by atoms with Crippen LogP contribution in [-0.4, -0.2) is 26.4 Å². The molecule has 1 amide bonds. The highest BCUT2D eigenvalue weighted by atomic mass is 16.2. The molecule has 0 aromatic carbocycles. The van der Waals surface area contributed by atoms with E-state index < -0.39 is 0 Å². The van der Waals surface area contributed by atoms with Crippen LogP contribution in [0.2, 0.25) is 0 Å². The van der Waals surface area contributed by atoms with Gasteiger partial charge in [-0.3, -0.25) is 14.8 Å². The molecule has 134 valence electrons. The van der Waals surface area contributed by atoms with Gasteiger partial charge in [0.05, 0.1) is 17.0 Å². The molecule has 5 nitrogen and oxygen atoms in total. The summed E-state index contributed by atoms with van der Waals surface area (Å²) in [6, 6.07) is 4.26. The third-order valence-corrected chi connectivity index (χ3v) is 6.23. The number of amides is 1. The summed E-state index contributed by atoms with van der Waals surface area (Å²) in [7, 11) is 0. The lowest BCUT2D eigenvalue weighted by Crippen LogP contribution is -2.43. The number of carbonyl (C=O) groups excluding carboxylic acids is 1. The maximum Gasteiger partial charge on any atom is 0.253 e. The van der Waals surface area contributed by atoms with Crippen LogP contribution in [0, 0.1) is 6.92 Å². The van der Waals surface area contributed by atoms with Crippen molar-refractivity contribution in [3.63, 3.8) is 0 Å². The van der Waals surface area contributed by atoms with Crippen molar-refractivity contribution in [2.24, 2.45) is 0 Å². The second kappa shape index (κ2) is 5.06. The smallest absolute Gasteiger partial charge is 0.253 e. The molecule has 0 bridgehead atoms. The SMILES string of the molecule is Cc1cncc(-c2cc3c(cn2)CCc2c-3[nH]c3c2C(=O)NC2(CC2)C3)c1. The standard InChI is InChI=1S/C22H20N4O/c1-12-6-14(10-23-9-12)17-7-16-13(11-24-17)2-3-15-19-18(25-20(15)16)8-22(4-5-22)26-21(19)27/h6-7,9-11,25H,2-5,8H2,1H3,(H,26,27). The van der Waals surface area contributed by atoms with E-state index in [1.165, 1.54) is 16.7 Å². The Bertz CT molecular complexity index is 1120. The fourth-order valence-corrected chi connectivity index (χ4v) is 4.65. The van der Waals surface area contributed by atoms with E-state index in [-0.39, 0.29) is 11.4 Å². The van der Waals surface area contributed by atoms with Crippen LogP contribution in [-0.2, 0) is 19.3 Å². The third-order valence-electron chi connectivity index (χ3n) is 6.23. The van der Waals surface area contributed by atoms with Crippen LogP contribution >= 0.6 is 0 Å². The van der Waals surface area contributed by atoms with Gasteiger partial charge in [-0.15, -0.1) is 0 Å². The summed E-state index contributed by atoms with van der Waals surface area (Å²) in [5.41, 5.74) is 9.80. The minimum absolute atomic E-state index is 0.0248. The molecule has 0 radical (unpaired) electrons. The predicted octanol–water partition coefficient (Wildman–Crippen LogP) is 3.36. The summed E-state index contributed by atoms with van der Waals surface area (Å²) in [5, 5.41) is 3.25. The molecule has 0 saturated heterocycles. The van der Waals surface area contributed by atoms with Crippen LogP contribution in [0.5, 0.6) is 0 Å². The highest BCUT2D eigenvalue weighted by Crippen LogP contribution is 2.45. The lowest BCUT2D eigenvalue weighted by Gasteiger charge is -2.24. The molecule has 1 saturated carbocycles. The fourth-order valence-electron chi connectivity index (χ4n) is 4.65. The van der Waals surface area contributed by atoms with E-state index in [1.807, 2.05) is 25.5 Å². The van der Waals surface area contributed by atoms with E-state index in [9.17, 15) is 4.79 Å². The Balaban J connectivity index is 1.50. The van der Waals surface area contributed by atoms with Crippen LogP contribution in [0.3, 0.4) is 0 Å². The van der Waals surface area contributed by atoms with Gasteiger partial charge >= 0.3 is 0 Å². The first kappa shape index (κ1) is 15.1. The summed E-state index contributed by atoms with van der Waals surface area (Å²) < 4.78 is 0. The van der Waals surface area contributed by atoms with Gasteiger partial charge in [-0.25, -0.2) is 0 Å². The Morgan fingerprint density at radius 1 is 1.11 bits per heavy atom. The lowest BCUT2D eigenvalue weighted by molar-refractivity contribution is 0.0917. The maximum absolute atomic E-state index is 12.8. The molecule has 3 aromatic heterocycles. The molecule has 4 heterocycles. The number of aryl methyl sites for hydroxylation is 2. The van der Waals surface area contributed by atoms with Crippen molar-refractivity contribution in [3.8, 4) is 22.5 Å². The highest BCUT2D eigenvalue weighted by molar-refractivity contribution is 6.01. The van der Waals surface area contributed by atoms with E-state index in [4.69, 9.17) is 0 Å². The fraction of sp³-hybridized carbons (Fsp3) is 0.318. The number of aromatic nitrogens is 3. The molecule has 5 heteroatoms. The van der Waals surface area contributed by atoms with Gasteiger partial charge in [0.25, 0.3) is 5.91 Å². The average molecular weight is 356 g/mol. The number of fused-ring (bicyclic) bond motifs is 5. The molecule has 1 aliphatic heterocycles. The topological polar surface area (TPSA) is 70.7 Å². The third kappa shape index (κ3) is 2.21. The van der Waals surface area contributed by atoms with Crippen molar-refractivity contribution in [2.75, 3.05) is 0 Å². The first-order valence-electron chi connectivity index (χ1n) is 9.59. The van der Waals surface area contributed by atoms with E-state index in [1.54, 1.807) is 0 Å². The maximum atomic E-state index is 12.8. The summed E-state index contributed by atoms with van der Waals surface area (Å²) in [4.78, 5) is 25.4. The van der Waals surface area contributed by atoms with Crippen molar-refractivity contribution in [3.05, 3.63) is 58.7 Å². The molecule has 0 atom stereocenters. The van der Waals surface area contributed by atoms with Gasteiger partial charge in [-0.2, -0.15) is 0 Å². The molecule has 6 rings (SSSR count). The van der Waals surface area contributed by atoms with Crippen molar-refractivity contribution in [2.45, 2.75) is 44.6 Å². The highest BCUT2D eigenvalue weighted by Gasteiger charge is 2.49. The van der Waals surface area contributed by atoms with E-state index in [0.29, 0.717) is 0 Å². The first-order valence-corrected chi connectivity index (χ1v) is 9.59. The number of aromatic amines is 1. The minimum Gasteiger partial charge on any atom is -0.357 e. The van der Waals surface area contributed by atoms with Crippen LogP contribution < -0.4 is 5.32 Å². The van der Waals surface area contributed by atoms with Crippen LogP contribution in [0.25, 0.3) is 22.5 Å². The van der Waals surface area contributed by atoms with Gasteiger partial charge < -0.3 is 10.3 Å². The van der Waals surface area contributed by atoms with Gasteiger partial charge in [0.15, 0.2) is 0 Å². The monoisotopic (exact) mass is 356 g/mol. The second-order valence-corrected chi connectivity index (χ2v) is 8.22. The second-order valence-electron chi connectivity index (χ2n) is 8.22. The van der Waals surface area contributed by atoms with E-state index >= 15 is 0 Å². The van der Waals surface area contributed by atoms with Gasteiger partial charge in [-0.05, 0) is 61.4 Å². The van der Waals surface area contributed by atoms with E-state index in [2.05, 4.69) is 32.4 Å². The number of hydrogen-bond acceptors (Lipinski definition) is 3. The van der Waals surface area contributed by atoms with Crippen LogP contribution in [0.4, 0.5) is 0 Å². The Labute approximate surface area is 157 Å². The zero-order valence-electron chi connectivity index (χ0n) is 15.2. The summed E-state index contributed by atoms with van der Waals surface area (Å²) >= 11 is 0. The van der Waals surface area contributed by atoms with Crippen molar-refractivity contribution in [1.29, 1.82) is 0 Å². The average Bonchev–Trinajstić information content (AvgIpc) is 3.28.